The third kappa shape index (κ3) is 7.17. The van der Waals surface area contributed by atoms with Gasteiger partial charge in [-0.1, -0.05) is 13.3 Å². The molecular formula is C16H23N3O5. The molecule has 1 aliphatic rings. The molecule has 132 valence electrons. The maximum Gasteiger partial charge on any atom is 0.253 e. The van der Waals surface area contributed by atoms with Crippen molar-refractivity contribution in [2.75, 3.05) is 19.6 Å². The molecule has 1 heterocycles. The van der Waals surface area contributed by atoms with Crippen molar-refractivity contribution in [1.82, 2.24) is 15.5 Å². The average molecular weight is 337 g/mol. The minimum Gasteiger partial charge on any atom is -0.347 e. The number of ketones is 1. The van der Waals surface area contributed by atoms with Crippen LogP contribution in [-0.2, 0) is 24.0 Å². The SMILES string of the molecule is CCC(=O)CNC(=O)CNC(=O)CCCCCN1C(=O)C=CC1=O. The first-order valence-corrected chi connectivity index (χ1v) is 8.02. The molecule has 4 amide bonds. The van der Waals surface area contributed by atoms with Gasteiger partial charge >= 0.3 is 0 Å². The maximum absolute atomic E-state index is 11.6. The van der Waals surface area contributed by atoms with Crippen LogP contribution in [0.4, 0.5) is 0 Å². The topological polar surface area (TPSA) is 113 Å². The Morgan fingerprint density at radius 1 is 0.917 bits per heavy atom. The molecule has 0 radical (unpaired) electrons. The van der Waals surface area contributed by atoms with Crippen LogP contribution in [0.25, 0.3) is 0 Å². The predicted octanol–water partition coefficient (Wildman–Crippen LogP) is -0.317. The van der Waals surface area contributed by atoms with E-state index in [1.165, 1.54) is 17.1 Å². The molecule has 0 aliphatic carbocycles. The van der Waals surface area contributed by atoms with Crippen molar-refractivity contribution in [3.8, 4) is 0 Å². The fourth-order valence-electron chi connectivity index (χ4n) is 2.04. The van der Waals surface area contributed by atoms with Crippen LogP contribution >= 0.6 is 0 Å². The lowest BCUT2D eigenvalue weighted by atomic mass is 10.2. The minimum absolute atomic E-state index is 0.0198. The van der Waals surface area contributed by atoms with Crippen LogP contribution in [-0.4, -0.2) is 53.9 Å². The van der Waals surface area contributed by atoms with E-state index in [4.69, 9.17) is 0 Å². The molecule has 0 saturated heterocycles. The largest absolute Gasteiger partial charge is 0.347 e. The molecule has 0 atom stereocenters. The van der Waals surface area contributed by atoms with E-state index in [9.17, 15) is 24.0 Å². The van der Waals surface area contributed by atoms with Crippen LogP contribution in [0.1, 0.15) is 39.0 Å². The predicted molar refractivity (Wildman–Crippen MR) is 85.6 cm³/mol. The minimum atomic E-state index is -0.399. The lowest BCUT2D eigenvalue weighted by molar-refractivity contribution is -0.137. The van der Waals surface area contributed by atoms with Gasteiger partial charge in [-0.2, -0.15) is 0 Å². The van der Waals surface area contributed by atoms with Crippen LogP contribution in [0, 0.1) is 0 Å². The number of nitrogens with zero attached hydrogens (tertiary/aromatic N) is 1. The Hall–Kier alpha value is -2.51. The molecule has 0 aromatic heterocycles. The van der Waals surface area contributed by atoms with Crippen molar-refractivity contribution in [3.05, 3.63) is 12.2 Å². The number of rotatable bonds is 11. The number of carbonyl (C=O) groups excluding carboxylic acids is 5. The highest BCUT2D eigenvalue weighted by Gasteiger charge is 2.22. The highest BCUT2D eigenvalue weighted by atomic mass is 16.2. The van der Waals surface area contributed by atoms with Gasteiger partial charge in [0.25, 0.3) is 11.8 Å². The van der Waals surface area contributed by atoms with E-state index in [-0.39, 0.29) is 43.0 Å². The third-order valence-electron chi connectivity index (χ3n) is 3.51. The lowest BCUT2D eigenvalue weighted by Crippen LogP contribution is -2.38. The molecule has 24 heavy (non-hydrogen) atoms. The van der Waals surface area contributed by atoms with E-state index in [2.05, 4.69) is 10.6 Å². The number of nitrogens with one attached hydrogen (secondary N) is 2. The number of carbonyl (C=O) groups is 5. The summed E-state index contributed by atoms with van der Waals surface area (Å²) in [7, 11) is 0. The van der Waals surface area contributed by atoms with Crippen molar-refractivity contribution in [3.63, 3.8) is 0 Å². The van der Waals surface area contributed by atoms with Crippen molar-refractivity contribution in [2.24, 2.45) is 0 Å². The first-order valence-electron chi connectivity index (χ1n) is 8.02. The van der Waals surface area contributed by atoms with Gasteiger partial charge in [-0.3, -0.25) is 28.9 Å². The second-order valence-corrected chi connectivity index (χ2v) is 5.42. The molecule has 1 rings (SSSR count). The molecular weight excluding hydrogens is 314 g/mol. The quantitative estimate of drug-likeness (QED) is 0.396. The zero-order chi connectivity index (χ0) is 17.9. The van der Waals surface area contributed by atoms with Gasteiger partial charge in [0.2, 0.25) is 11.8 Å². The first kappa shape index (κ1) is 19.5. The van der Waals surface area contributed by atoms with Crippen LogP contribution in [0.2, 0.25) is 0 Å². The summed E-state index contributed by atoms with van der Waals surface area (Å²) in [4.78, 5) is 57.8. The van der Waals surface area contributed by atoms with Crippen LogP contribution in [0.15, 0.2) is 12.2 Å². The summed E-state index contributed by atoms with van der Waals surface area (Å²) in [6.07, 6.45) is 5.04. The first-order chi connectivity index (χ1) is 11.4. The van der Waals surface area contributed by atoms with Crippen molar-refractivity contribution in [1.29, 1.82) is 0 Å². The van der Waals surface area contributed by atoms with Gasteiger partial charge < -0.3 is 10.6 Å². The highest BCUT2D eigenvalue weighted by Crippen LogP contribution is 2.07. The summed E-state index contributed by atoms with van der Waals surface area (Å²) in [5, 5.41) is 4.91. The molecule has 0 fully saturated rings. The maximum atomic E-state index is 11.6. The van der Waals surface area contributed by atoms with Crippen LogP contribution < -0.4 is 10.6 Å². The highest BCUT2D eigenvalue weighted by molar-refractivity contribution is 6.12. The number of imide groups is 1. The summed E-state index contributed by atoms with van der Waals surface area (Å²) >= 11 is 0. The number of Topliss-reactive ketones (excluding diaryl/α,β-unsaturated/α-hetero) is 1. The van der Waals surface area contributed by atoms with E-state index in [1.807, 2.05) is 0 Å². The standard InChI is InChI=1S/C16H23N3O5/c1-2-12(20)10-17-14(22)11-18-13(21)6-4-3-5-9-19-15(23)7-8-16(19)24/h7-8H,2-6,9-11H2,1H3,(H,17,22)(H,18,21). The summed E-state index contributed by atoms with van der Waals surface area (Å²) < 4.78 is 0. The molecule has 0 saturated carbocycles. The van der Waals surface area contributed by atoms with E-state index in [0.29, 0.717) is 32.2 Å². The Morgan fingerprint density at radius 3 is 2.17 bits per heavy atom. The fraction of sp³-hybridized carbons (Fsp3) is 0.562. The van der Waals surface area contributed by atoms with Crippen LogP contribution in [0.5, 0.6) is 0 Å². The Labute approximate surface area is 140 Å². The third-order valence-corrected chi connectivity index (χ3v) is 3.51. The Bertz CT molecular complexity index is 524. The van der Waals surface area contributed by atoms with Crippen molar-refractivity contribution >= 4 is 29.4 Å². The number of unbranched alkanes of at least 4 members (excludes halogenated alkanes) is 2. The monoisotopic (exact) mass is 337 g/mol. The zero-order valence-electron chi connectivity index (χ0n) is 13.8. The van der Waals surface area contributed by atoms with Gasteiger partial charge in [0.1, 0.15) is 0 Å². The molecule has 0 aromatic rings. The molecule has 0 bridgehead atoms. The van der Waals surface area contributed by atoms with Gasteiger partial charge in [0, 0.05) is 31.5 Å². The second-order valence-electron chi connectivity index (χ2n) is 5.42. The smallest absolute Gasteiger partial charge is 0.253 e. The molecule has 2 N–H and O–H groups in total. The number of amides is 4. The van der Waals surface area contributed by atoms with Gasteiger partial charge in [-0.05, 0) is 12.8 Å². The molecule has 1 aliphatic heterocycles. The summed E-state index contributed by atoms with van der Waals surface area (Å²) in [6, 6.07) is 0. The Morgan fingerprint density at radius 2 is 1.54 bits per heavy atom. The van der Waals surface area contributed by atoms with E-state index in [0.717, 1.165) is 0 Å². The molecule has 0 unspecified atom stereocenters. The van der Waals surface area contributed by atoms with Gasteiger partial charge in [-0.15, -0.1) is 0 Å². The summed E-state index contributed by atoms with van der Waals surface area (Å²) in [5.41, 5.74) is 0. The molecule has 0 aromatic carbocycles. The molecule has 8 heteroatoms. The fourth-order valence-corrected chi connectivity index (χ4v) is 2.04. The second kappa shape index (κ2) is 10.3. The molecule has 0 spiro atoms. The van der Waals surface area contributed by atoms with Gasteiger partial charge in [0.15, 0.2) is 5.78 Å². The Balaban J connectivity index is 2.04. The summed E-state index contributed by atoms with van der Waals surface area (Å²) in [6.45, 7) is 1.88. The van der Waals surface area contributed by atoms with Crippen molar-refractivity contribution < 1.29 is 24.0 Å². The normalized spacial score (nSPS) is 13.3. The van der Waals surface area contributed by atoms with Crippen LogP contribution in [0.3, 0.4) is 0 Å². The molecule has 8 nitrogen and oxygen atoms in total. The van der Waals surface area contributed by atoms with Gasteiger partial charge in [-0.25, -0.2) is 0 Å². The number of hydrogen-bond acceptors (Lipinski definition) is 5. The lowest BCUT2D eigenvalue weighted by Gasteiger charge is -2.13. The van der Waals surface area contributed by atoms with E-state index >= 15 is 0 Å². The van der Waals surface area contributed by atoms with Crippen molar-refractivity contribution in [2.45, 2.75) is 39.0 Å². The van der Waals surface area contributed by atoms with E-state index < -0.39 is 5.91 Å². The van der Waals surface area contributed by atoms with E-state index in [1.54, 1.807) is 6.92 Å². The zero-order valence-corrected chi connectivity index (χ0v) is 13.8. The average Bonchev–Trinajstić information content (AvgIpc) is 2.89. The number of hydrogen-bond donors (Lipinski definition) is 2. The Kier molecular flexibility index (Phi) is 8.38. The van der Waals surface area contributed by atoms with Gasteiger partial charge in [0.05, 0.1) is 13.1 Å². The summed E-state index contributed by atoms with van der Waals surface area (Å²) in [5.74, 6) is -1.32.